The zero-order chi connectivity index (χ0) is 20.5. The zero-order valence-corrected chi connectivity index (χ0v) is 20.5. The van der Waals surface area contributed by atoms with E-state index in [1.807, 2.05) is 0 Å². The van der Waals surface area contributed by atoms with Crippen molar-refractivity contribution < 1.29 is 0 Å². The molecule has 1 atom stereocenters. The van der Waals surface area contributed by atoms with E-state index in [0.717, 1.165) is 5.92 Å². The van der Waals surface area contributed by atoms with E-state index >= 15 is 0 Å². The summed E-state index contributed by atoms with van der Waals surface area (Å²) in [6, 6.07) is 0. The van der Waals surface area contributed by atoms with E-state index in [1.54, 1.807) is 0 Å². The van der Waals surface area contributed by atoms with E-state index in [0.29, 0.717) is 0 Å². The topological polar surface area (TPSA) is 0 Å². The highest BCUT2D eigenvalue weighted by molar-refractivity contribution is 4.59. The largest absolute Gasteiger partial charge is 0.0654 e. The van der Waals surface area contributed by atoms with E-state index in [-0.39, 0.29) is 0 Å². The first-order valence-electron chi connectivity index (χ1n) is 13.8. The van der Waals surface area contributed by atoms with E-state index in [9.17, 15) is 0 Å². The van der Waals surface area contributed by atoms with Crippen LogP contribution < -0.4 is 0 Å². The predicted octanol–water partition coefficient (Wildman–Crippen LogP) is 11.0. The average molecular weight is 395 g/mol. The molecule has 0 aliphatic heterocycles. The fourth-order valence-corrected chi connectivity index (χ4v) is 4.57. The third-order valence-corrected chi connectivity index (χ3v) is 6.76. The maximum atomic E-state index is 2.42. The molecule has 0 aromatic carbocycles. The van der Waals surface area contributed by atoms with Crippen LogP contribution in [0.4, 0.5) is 0 Å². The van der Waals surface area contributed by atoms with Crippen molar-refractivity contribution in [2.45, 2.75) is 175 Å². The summed E-state index contributed by atoms with van der Waals surface area (Å²) in [5.74, 6) is 1.02. The van der Waals surface area contributed by atoms with Gasteiger partial charge in [0, 0.05) is 0 Å². The fourth-order valence-electron chi connectivity index (χ4n) is 4.57. The molecule has 0 rings (SSSR count). The summed E-state index contributed by atoms with van der Waals surface area (Å²) in [6.07, 6.45) is 35.3. The zero-order valence-electron chi connectivity index (χ0n) is 20.5. The molecule has 0 nitrogen and oxygen atoms in total. The molecule has 0 saturated carbocycles. The highest BCUT2D eigenvalue weighted by Crippen LogP contribution is 2.22. The van der Waals surface area contributed by atoms with Crippen LogP contribution in [-0.2, 0) is 0 Å². The molecule has 0 fully saturated rings. The van der Waals surface area contributed by atoms with Gasteiger partial charge in [0.15, 0.2) is 0 Å². The maximum Gasteiger partial charge on any atom is -0.0417 e. The number of hydrogen-bond donors (Lipinski definition) is 0. The normalized spacial score (nSPS) is 12.5. The minimum absolute atomic E-state index is 1.02. The Morgan fingerprint density at radius 3 is 0.821 bits per heavy atom. The lowest BCUT2D eigenvalue weighted by atomic mass is 9.92. The smallest absolute Gasteiger partial charge is 0.0417 e. The molecule has 0 aliphatic carbocycles. The Morgan fingerprint density at radius 2 is 0.571 bits per heavy atom. The summed E-state index contributed by atoms with van der Waals surface area (Å²) in [7, 11) is 0. The number of rotatable bonds is 24. The Morgan fingerprint density at radius 1 is 0.321 bits per heavy atom. The predicted molar refractivity (Wildman–Crippen MR) is 131 cm³/mol. The van der Waals surface area contributed by atoms with Crippen LogP contribution in [0.25, 0.3) is 0 Å². The molecule has 1 unspecified atom stereocenters. The van der Waals surface area contributed by atoms with Crippen molar-refractivity contribution in [3.05, 3.63) is 0 Å². The molecule has 0 aromatic heterocycles. The van der Waals surface area contributed by atoms with Crippen LogP contribution in [-0.4, -0.2) is 0 Å². The highest BCUT2D eigenvalue weighted by atomic mass is 14.1. The molecule has 0 bridgehead atoms. The first-order chi connectivity index (χ1) is 13.8. The van der Waals surface area contributed by atoms with Gasteiger partial charge < -0.3 is 0 Å². The minimum atomic E-state index is 1.02. The fraction of sp³-hybridized carbons (Fsp3) is 1.00. The Labute approximate surface area is 181 Å². The monoisotopic (exact) mass is 394 g/mol. The van der Waals surface area contributed by atoms with Gasteiger partial charge >= 0.3 is 0 Å². The molecular formula is C28H58. The Balaban J connectivity index is 3.27. The maximum absolute atomic E-state index is 2.42. The van der Waals surface area contributed by atoms with Crippen molar-refractivity contribution in [1.29, 1.82) is 0 Å². The first-order valence-corrected chi connectivity index (χ1v) is 13.8. The summed E-state index contributed by atoms with van der Waals surface area (Å²) < 4.78 is 0. The second-order valence-corrected chi connectivity index (χ2v) is 9.57. The van der Waals surface area contributed by atoms with Gasteiger partial charge in [0.25, 0.3) is 0 Å². The summed E-state index contributed by atoms with van der Waals surface area (Å²) >= 11 is 0. The van der Waals surface area contributed by atoms with Gasteiger partial charge in [-0.2, -0.15) is 0 Å². The van der Waals surface area contributed by atoms with Crippen LogP contribution >= 0.6 is 0 Å². The van der Waals surface area contributed by atoms with Gasteiger partial charge in [0.1, 0.15) is 0 Å². The SMILES string of the molecule is CCCCCCCCCCCCCCC(CC)CCCCCCCCCCC. The van der Waals surface area contributed by atoms with Crippen molar-refractivity contribution in [3.63, 3.8) is 0 Å². The van der Waals surface area contributed by atoms with Crippen molar-refractivity contribution in [1.82, 2.24) is 0 Å². The molecule has 0 aromatic rings. The molecule has 0 radical (unpaired) electrons. The molecule has 0 amide bonds. The standard InChI is InChI=1S/C28H58/c1-4-7-9-11-13-15-16-17-19-21-23-25-27-28(6-3)26-24-22-20-18-14-12-10-8-5-2/h28H,4-27H2,1-3H3. The molecule has 170 valence electrons. The third kappa shape index (κ3) is 22.3. The van der Waals surface area contributed by atoms with E-state index in [4.69, 9.17) is 0 Å². The average Bonchev–Trinajstić information content (AvgIpc) is 2.71. The van der Waals surface area contributed by atoms with Gasteiger partial charge in [-0.3, -0.25) is 0 Å². The molecule has 0 saturated heterocycles. The summed E-state index contributed by atoms with van der Waals surface area (Å²) in [4.78, 5) is 0. The van der Waals surface area contributed by atoms with Crippen LogP contribution in [0.1, 0.15) is 175 Å². The number of hydrogen-bond acceptors (Lipinski definition) is 0. The third-order valence-electron chi connectivity index (χ3n) is 6.76. The lowest BCUT2D eigenvalue weighted by molar-refractivity contribution is 0.392. The minimum Gasteiger partial charge on any atom is -0.0654 e. The van der Waals surface area contributed by atoms with Crippen molar-refractivity contribution in [2.24, 2.45) is 5.92 Å². The van der Waals surface area contributed by atoms with E-state index in [1.165, 1.54) is 154 Å². The molecule has 0 heteroatoms. The Hall–Kier alpha value is 0. The van der Waals surface area contributed by atoms with Crippen LogP contribution in [0, 0.1) is 5.92 Å². The van der Waals surface area contributed by atoms with E-state index in [2.05, 4.69) is 20.8 Å². The second kappa shape index (κ2) is 25.0. The lowest BCUT2D eigenvalue weighted by Crippen LogP contribution is -1.99. The number of unbranched alkanes of at least 4 members (excludes halogenated alkanes) is 19. The quantitative estimate of drug-likeness (QED) is 0.143. The lowest BCUT2D eigenvalue weighted by Gasteiger charge is -2.14. The molecule has 0 aliphatic rings. The van der Waals surface area contributed by atoms with Gasteiger partial charge in [-0.05, 0) is 5.92 Å². The van der Waals surface area contributed by atoms with Gasteiger partial charge in [-0.15, -0.1) is 0 Å². The molecule has 0 spiro atoms. The van der Waals surface area contributed by atoms with Crippen molar-refractivity contribution in [3.8, 4) is 0 Å². The molecule has 0 heterocycles. The molecule has 28 heavy (non-hydrogen) atoms. The van der Waals surface area contributed by atoms with Crippen LogP contribution in [0.15, 0.2) is 0 Å². The highest BCUT2D eigenvalue weighted by Gasteiger charge is 2.06. The summed E-state index contributed by atoms with van der Waals surface area (Å²) in [5.41, 5.74) is 0. The molecular weight excluding hydrogens is 336 g/mol. The second-order valence-electron chi connectivity index (χ2n) is 9.57. The van der Waals surface area contributed by atoms with E-state index < -0.39 is 0 Å². The van der Waals surface area contributed by atoms with Crippen LogP contribution in [0.5, 0.6) is 0 Å². The van der Waals surface area contributed by atoms with Crippen molar-refractivity contribution >= 4 is 0 Å². The van der Waals surface area contributed by atoms with Gasteiger partial charge in [-0.1, -0.05) is 175 Å². The Kier molecular flexibility index (Phi) is 25.0. The van der Waals surface area contributed by atoms with Gasteiger partial charge in [0.05, 0.1) is 0 Å². The van der Waals surface area contributed by atoms with Crippen LogP contribution in [0.3, 0.4) is 0 Å². The first kappa shape index (κ1) is 28.0. The van der Waals surface area contributed by atoms with Gasteiger partial charge in [-0.25, -0.2) is 0 Å². The van der Waals surface area contributed by atoms with Gasteiger partial charge in [0.2, 0.25) is 0 Å². The summed E-state index contributed by atoms with van der Waals surface area (Å²) in [6.45, 7) is 7.03. The van der Waals surface area contributed by atoms with Crippen LogP contribution in [0.2, 0.25) is 0 Å². The summed E-state index contributed by atoms with van der Waals surface area (Å²) in [5, 5.41) is 0. The Bertz CT molecular complexity index is 257. The van der Waals surface area contributed by atoms with Crippen molar-refractivity contribution in [2.75, 3.05) is 0 Å². The molecule has 0 N–H and O–H groups in total.